The molecule has 1 aromatic carbocycles. The van der Waals surface area contributed by atoms with E-state index in [0.29, 0.717) is 17.0 Å². The van der Waals surface area contributed by atoms with Crippen LogP contribution in [0, 0.1) is 13.8 Å². The molecule has 0 radical (unpaired) electrons. The molecule has 0 unspecified atom stereocenters. The van der Waals surface area contributed by atoms with Gasteiger partial charge in [0, 0.05) is 5.56 Å². The summed E-state index contributed by atoms with van der Waals surface area (Å²) in [6, 6.07) is 2.82. The number of halogens is 3. The molecule has 0 saturated carbocycles. The minimum Gasteiger partial charge on any atom is -0.455 e. The normalized spacial score (nSPS) is 10.5. The number of amides is 1. The topological polar surface area (TPSA) is 81.4 Å². The van der Waals surface area contributed by atoms with E-state index in [1.807, 2.05) is 0 Å². The lowest BCUT2D eigenvalue weighted by Crippen LogP contribution is -2.22. The van der Waals surface area contributed by atoms with Crippen LogP contribution in [0.4, 0.5) is 5.69 Å². The number of hydrogen-bond acceptors (Lipinski definition) is 5. The molecule has 0 fully saturated rings. The second-order valence-electron chi connectivity index (χ2n) is 4.93. The third-order valence-corrected chi connectivity index (χ3v) is 4.19. The number of hydrogen-bond donors (Lipinski definition) is 1. The Balaban J connectivity index is 1.89. The van der Waals surface area contributed by atoms with Gasteiger partial charge >= 0.3 is 5.97 Å². The van der Waals surface area contributed by atoms with E-state index in [1.165, 1.54) is 12.1 Å². The van der Waals surface area contributed by atoms with Crippen LogP contribution in [-0.4, -0.2) is 23.6 Å². The van der Waals surface area contributed by atoms with Gasteiger partial charge in [-0.05, 0) is 26.0 Å². The maximum Gasteiger partial charge on any atom is 0.310 e. The number of carbonyl (C=O) groups is 2. The largest absolute Gasteiger partial charge is 0.455 e. The molecule has 1 aromatic heterocycles. The fraction of sp³-hybridized carbons (Fsp3) is 0.267. The molecule has 128 valence electrons. The van der Waals surface area contributed by atoms with Crippen LogP contribution in [0.3, 0.4) is 0 Å². The van der Waals surface area contributed by atoms with Crippen LogP contribution in [0.2, 0.25) is 15.1 Å². The zero-order valence-electron chi connectivity index (χ0n) is 12.8. The third kappa shape index (κ3) is 4.63. The van der Waals surface area contributed by atoms with Crippen molar-refractivity contribution in [2.75, 3.05) is 11.9 Å². The lowest BCUT2D eigenvalue weighted by atomic mass is 10.1. The standard InChI is InChI=1S/C15H13Cl3N2O4/c1-7-9(8(2)24-20-7)3-15(22)23-6-14(21)19-13-5-11(17)10(16)4-12(13)18/h4-5H,3,6H2,1-2H3,(H,19,21). The Hall–Kier alpha value is -1.76. The summed E-state index contributed by atoms with van der Waals surface area (Å²) in [6.07, 6.45) is -0.0258. The highest BCUT2D eigenvalue weighted by atomic mass is 35.5. The average molecular weight is 392 g/mol. The van der Waals surface area contributed by atoms with Crippen molar-refractivity contribution in [2.24, 2.45) is 0 Å². The minimum absolute atomic E-state index is 0.0258. The van der Waals surface area contributed by atoms with Crippen LogP contribution in [0.15, 0.2) is 16.7 Å². The zero-order valence-corrected chi connectivity index (χ0v) is 15.1. The summed E-state index contributed by atoms with van der Waals surface area (Å²) < 4.78 is 9.89. The third-order valence-electron chi connectivity index (χ3n) is 3.15. The first-order valence-corrected chi connectivity index (χ1v) is 7.93. The van der Waals surface area contributed by atoms with Crippen molar-refractivity contribution < 1.29 is 18.8 Å². The van der Waals surface area contributed by atoms with Crippen molar-refractivity contribution in [2.45, 2.75) is 20.3 Å². The number of aromatic nitrogens is 1. The summed E-state index contributed by atoms with van der Waals surface area (Å²) in [5, 5.41) is 6.97. The molecule has 1 N–H and O–H groups in total. The first-order valence-electron chi connectivity index (χ1n) is 6.79. The molecule has 0 atom stereocenters. The fourth-order valence-corrected chi connectivity index (χ4v) is 2.49. The molecule has 0 aliphatic heterocycles. The number of nitrogens with zero attached hydrogens (tertiary/aromatic N) is 1. The Morgan fingerprint density at radius 1 is 1.17 bits per heavy atom. The molecular weight excluding hydrogens is 379 g/mol. The highest BCUT2D eigenvalue weighted by molar-refractivity contribution is 6.44. The van der Waals surface area contributed by atoms with Gasteiger partial charge in [-0.3, -0.25) is 9.59 Å². The van der Waals surface area contributed by atoms with Gasteiger partial charge in [-0.25, -0.2) is 0 Å². The Morgan fingerprint density at radius 2 is 1.83 bits per heavy atom. The van der Waals surface area contributed by atoms with Gasteiger partial charge in [-0.1, -0.05) is 40.0 Å². The van der Waals surface area contributed by atoms with Gasteiger partial charge in [0.25, 0.3) is 5.91 Å². The van der Waals surface area contributed by atoms with E-state index in [0.717, 1.165) is 0 Å². The quantitative estimate of drug-likeness (QED) is 0.616. The van der Waals surface area contributed by atoms with Crippen molar-refractivity contribution >= 4 is 52.4 Å². The average Bonchev–Trinajstić information content (AvgIpc) is 2.82. The Kier molecular flexibility index (Phi) is 6.10. The van der Waals surface area contributed by atoms with Gasteiger partial charge in [-0.2, -0.15) is 0 Å². The van der Waals surface area contributed by atoms with Gasteiger partial charge in [0.2, 0.25) is 0 Å². The van der Waals surface area contributed by atoms with Gasteiger partial charge in [0.05, 0.1) is 32.9 Å². The van der Waals surface area contributed by atoms with Gasteiger partial charge in [-0.15, -0.1) is 0 Å². The number of carbonyl (C=O) groups excluding carboxylic acids is 2. The summed E-state index contributed by atoms with van der Waals surface area (Å²) in [6.45, 7) is 2.96. The van der Waals surface area contributed by atoms with Crippen molar-refractivity contribution in [1.82, 2.24) is 5.16 Å². The molecule has 0 aliphatic rings. The molecule has 0 bridgehead atoms. The molecule has 0 spiro atoms. The smallest absolute Gasteiger partial charge is 0.310 e. The summed E-state index contributed by atoms with van der Waals surface area (Å²) in [5.41, 5.74) is 1.53. The molecule has 2 rings (SSSR count). The first-order chi connectivity index (χ1) is 11.3. The molecule has 6 nitrogen and oxygen atoms in total. The van der Waals surface area contributed by atoms with E-state index < -0.39 is 18.5 Å². The summed E-state index contributed by atoms with van der Waals surface area (Å²) in [7, 11) is 0. The van der Waals surface area contributed by atoms with Crippen molar-refractivity contribution in [1.29, 1.82) is 0 Å². The number of ether oxygens (including phenoxy) is 1. The maximum atomic E-state index is 11.8. The summed E-state index contributed by atoms with van der Waals surface area (Å²) >= 11 is 17.6. The Labute approximate surface area is 153 Å². The van der Waals surface area contributed by atoms with Crippen molar-refractivity contribution in [3.05, 3.63) is 44.2 Å². The lowest BCUT2D eigenvalue weighted by molar-refractivity contribution is -0.146. The van der Waals surface area contributed by atoms with E-state index >= 15 is 0 Å². The molecule has 9 heteroatoms. The second-order valence-corrected chi connectivity index (χ2v) is 6.16. The molecule has 1 heterocycles. The lowest BCUT2D eigenvalue weighted by Gasteiger charge is -2.09. The predicted molar refractivity (Wildman–Crippen MR) is 90.7 cm³/mol. The molecule has 1 amide bonds. The number of esters is 1. The number of nitrogens with one attached hydrogen (secondary N) is 1. The van der Waals surface area contributed by atoms with Crippen LogP contribution in [0.25, 0.3) is 0 Å². The Morgan fingerprint density at radius 3 is 2.46 bits per heavy atom. The highest BCUT2D eigenvalue weighted by Gasteiger charge is 2.16. The maximum absolute atomic E-state index is 11.8. The van der Waals surface area contributed by atoms with Crippen LogP contribution in [0.5, 0.6) is 0 Å². The molecule has 0 saturated heterocycles. The van der Waals surface area contributed by atoms with Gasteiger partial charge < -0.3 is 14.6 Å². The summed E-state index contributed by atoms with van der Waals surface area (Å²) in [4.78, 5) is 23.6. The molecule has 0 aliphatic carbocycles. The van der Waals surface area contributed by atoms with Crippen LogP contribution >= 0.6 is 34.8 Å². The molecule has 2 aromatic rings. The van der Waals surface area contributed by atoms with E-state index in [1.54, 1.807) is 13.8 Å². The van der Waals surface area contributed by atoms with Gasteiger partial charge in [0.15, 0.2) is 6.61 Å². The minimum atomic E-state index is -0.570. The number of aryl methyl sites for hydroxylation is 2. The SMILES string of the molecule is Cc1noc(C)c1CC(=O)OCC(=O)Nc1cc(Cl)c(Cl)cc1Cl. The molecule has 24 heavy (non-hydrogen) atoms. The molecular formula is C15H13Cl3N2O4. The monoisotopic (exact) mass is 390 g/mol. The Bertz CT molecular complexity index is 770. The zero-order chi connectivity index (χ0) is 17.9. The highest BCUT2D eigenvalue weighted by Crippen LogP contribution is 2.32. The van der Waals surface area contributed by atoms with Crippen molar-refractivity contribution in [3.8, 4) is 0 Å². The van der Waals surface area contributed by atoms with Crippen molar-refractivity contribution in [3.63, 3.8) is 0 Å². The van der Waals surface area contributed by atoms with E-state index in [-0.39, 0.29) is 27.2 Å². The fourth-order valence-electron chi connectivity index (χ4n) is 1.90. The van der Waals surface area contributed by atoms with E-state index in [9.17, 15) is 9.59 Å². The van der Waals surface area contributed by atoms with E-state index in [2.05, 4.69) is 10.5 Å². The van der Waals surface area contributed by atoms with Crippen LogP contribution in [-0.2, 0) is 20.7 Å². The van der Waals surface area contributed by atoms with Crippen LogP contribution < -0.4 is 5.32 Å². The van der Waals surface area contributed by atoms with Crippen LogP contribution in [0.1, 0.15) is 17.0 Å². The number of benzene rings is 1. The van der Waals surface area contributed by atoms with E-state index in [4.69, 9.17) is 44.1 Å². The predicted octanol–water partition coefficient (Wildman–Crippen LogP) is 3.98. The second kappa shape index (κ2) is 7.88. The number of anilines is 1. The number of rotatable bonds is 5. The van der Waals surface area contributed by atoms with Gasteiger partial charge in [0.1, 0.15) is 5.76 Å². The first kappa shape index (κ1) is 18.6. The summed E-state index contributed by atoms with van der Waals surface area (Å²) in [5.74, 6) is -0.585.